The molecule has 0 aromatic heterocycles. The minimum Gasteiger partial charge on any atom is -0.459 e. The fourth-order valence-electron chi connectivity index (χ4n) is 2.85. The summed E-state index contributed by atoms with van der Waals surface area (Å²) >= 11 is 0. The summed E-state index contributed by atoms with van der Waals surface area (Å²) in [5.74, 6) is -0.127. The lowest BCUT2D eigenvalue weighted by atomic mass is 9.96. The fourth-order valence-corrected chi connectivity index (χ4v) is 2.85. The second-order valence-electron chi connectivity index (χ2n) is 5.28. The highest BCUT2D eigenvalue weighted by molar-refractivity contribution is 5.77. The Morgan fingerprint density at radius 3 is 2.79 bits per heavy atom. The van der Waals surface area contributed by atoms with Crippen LogP contribution in [0.15, 0.2) is 41.6 Å². The van der Waals surface area contributed by atoms with Crippen molar-refractivity contribution in [2.75, 3.05) is 0 Å². The minimum atomic E-state index is -0.160. The zero-order valence-electron chi connectivity index (χ0n) is 11.0. The SMILES string of the molecule is O=C(OCc1ccccc1)C1CC2=C(CCCC2)N1. The number of benzene rings is 1. The number of rotatable bonds is 3. The van der Waals surface area contributed by atoms with E-state index in [-0.39, 0.29) is 12.0 Å². The van der Waals surface area contributed by atoms with E-state index in [4.69, 9.17) is 4.74 Å². The van der Waals surface area contributed by atoms with Crippen molar-refractivity contribution in [1.82, 2.24) is 5.32 Å². The Hall–Kier alpha value is -1.77. The summed E-state index contributed by atoms with van der Waals surface area (Å²) in [5, 5.41) is 3.33. The molecule has 0 saturated carbocycles. The Balaban J connectivity index is 1.52. The first-order chi connectivity index (χ1) is 9.33. The molecule has 0 amide bonds. The molecule has 3 heteroatoms. The molecule has 0 saturated heterocycles. The number of carbonyl (C=O) groups is 1. The second-order valence-corrected chi connectivity index (χ2v) is 5.28. The predicted molar refractivity (Wildman–Crippen MR) is 73.3 cm³/mol. The highest BCUT2D eigenvalue weighted by Crippen LogP contribution is 2.31. The van der Waals surface area contributed by atoms with Gasteiger partial charge in [-0.2, -0.15) is 0 Å². The third kappa shape index (κ3) is 2.80. The van der Waals surface area contributed by atoms with Crippen LogP contribution in [-0.2, 0) is 16.1 Å². The zero-order valence-corrected chi connectivity index (χ0v) is 11.0. The van der Waals surface area contributed by atoms with E-state index in [0.717, 1.165) is 24.8 Å². The van der Waals surface area contributed by atoms with E-state index in [1.807, 2.05) is 30.3 Å². The summed E-state index contributed by atoms with van der Waals surface area (Å²) in [6, 6.07) is 9.65. The van der Waals surface area contributed by atoms with Gasteiger partial charge in [-0.05, 0) is 36.8 Å². The number of hydrogen-bond donors (Lipinski definition) is 1. The first kappa shape index (κ1) is 12.3. The van der Waals surface area contributed by atoms with Crippen LogP contribution in [0, 0.1) is 0 Å². The van der Waals surface area contributed by atoms with E-state index < -0.39 is 0 Å². The topological polar surface area (TPSA) is 38.3 Å². The van der Waals surface area contributed by atoms with Crippen LogP contribution in [-0.4, -0.2) is 12.0 Å². The van der Waals surface area contributed by atoms with Crippen LogP contribution in [0.25, 0.3) is 0 Å². The molecule has 1 heterocycles. The van der Waals surface area contributed by atoms with Gasteiger partial charge in [-0.15, -0.1) is 0 Å². The Labute approximate surface area is 113 Å². The molecule has 19 heavy (non-hydrogen) atoms. The Morgan fingerprint density at radius 2 is 2.00 bits per heavy atom. The van der Waals surface area contributed by atoms with E-state index in [2.05, 4.69) is 5.32 Å². The lowest BCUT2D eigenvalue weighted by Crippen LogP contribution is -2.33. The standard InChI is InChI=1S/C16H19NO2/c18-16(19-11-12-6-2-1-3-7-12)15-10-13-8-4-5-9-14(13)17-15/h1-3,6-7,15,17H,4-5,8-11H2. The zero-order chi connectivity index (χ0) is 13.1. The first-order valence-corrected chi connectivity index (χ1v) is 7.01. The van der Waals surface area contributed by atoms with Gasteiger partial charge in [-0.25, -0.2) is 4.79 Å². The van der Waals surface area contributed by atoms with Crippen molar-refractivity contribution in [3.63, 3.8) is 0 Å². The summed E-state index contributed by atoms with van der Waals surface area (Å²) in [5.41, 5.74) is 3.77. The monoisotopic (exact) mass is 257 g/mol. The summed E-state index contributed by atoms with van der Waals surface area (Å²) < 4.78 is 5.39. The predicted octanol–water partition coefficient (Wildman–Crippen LogP) is 2.92. The highest BCUT2D eigenvalue weighted by Gasteiger charge is 2.30. The largest absolute Gasteiger partial charge is 0.459 e. The highest BCUT2D eigenvalue weighted by atomic mass is 16.5. The molecular weight excluding hydrogens is 238 g/mol. The van der Waals surface area contributed by atoms with Gasteiger partial charge in [0, 0.05) is 12.1 Å². The molecule has 0 fully saturated rings. The number of carbonyl (C=O) groups excluding carboxylic acids is 1. The van der Waals surface area contributed by atoms with Crippen LogP contribution in [0.5, 0.6) is 0 Å². The Kier molecular flexibility index (Phi) is 3.53. The van der Waals surface area contributed by atoms with E-state index >= 15 is 0 Å². The molecule has 3 nitrogen and oxygen atoms in total. The van der Waals surface area contributed by atoms with Crippen LogP contribution in [0.4, 0.5) is 0 Å². The molecule has 0 spiro atoms. The van der Waals surface area contributed by atoms with Crippen molar-refractivity contribution in [3.05, 3.63) is 47.2 Å². The molecule has 0 bridgehead atoms. The van der Waals surface area contributed by atoms with Crippen LogP contribution in [0.3, 0.4) is 0 Å². The van der Waals surface area contributed by atoms with Crippen molar-refractivity contribution < 1.29 is 9.53 Å². The molecule has 1 aromatic carbocycles. The van der Waals surface area contributed by atoms with Crippen LogP contribution in [0.1, 0.15) is 37.7 Å². The average molecular weight is 257 g/mol. The second kappa shape index (κ2) is 5.47. The molecule has 1 aliphatic carbocycles. The molecule has 1 aromatic rings. The summed E-state index contributed by atoms with van der Waals surface area (Å²) in [4.78, 5) is 12.1. The van der Waals surface area contributed by atoms with Gasteiger partial charge in [0.2, 0.25) is 0 Å². The Bertz CT molecular complexity index is 475. The lowest BCUT2D eigenvalue weighted by Gasteiger charge is -2.14. The molecule has 1 atom stereocenters. The van der Waals surface area contributed by atoms with Crippen molar-refractivity contribution in [2.24, 2.45) is 0 Å². The number of esters is 1. The van der Waals surface area contributed by atoms with Gasteiger partial charge in [0.1, 0.15) is 12.6 Å². The van der Waals surface area contributed by atoms with Gasteiger partial charge in [-0.3, -0.25) is 0 Å². The molecular formula is C16H19NO2. The van der Waals surface area contributed by atoms with Gasteiger partial charge in [-0.1, -0.05) is 30.3 Å². The van der Waals surface area contributed by atoms with Crippen molar-refractivity contribution in [3.8, 4) is 0 Å². The van der Waals surface area contributed by atoms with Gasteiger partial charge >= 0.3 is 5.97 Å². The van der Waals surface area contributed by atoms with Crippen molar-refractivity contribution in [1.29, 1.82) is 0 Å². The van der Waals surface area contributed by atoms with Crippen LogP contribution < -0.4 is 5.32 Å². The van der Waals surface area contributed by atoms with Gasteiger partial charge in [0.05, 0.1) is 0 Å². The number of hydrogen-bond acceptors (Lipinski definition) is 3. The van der Waals surface area contributed by atoms with Crippen LogP contribution >= 0.6 is 0 Å². The quantitative estimate of drug-likeness (QED) is 0.846. The molecule has 1 aliphatic heterocycles. The Morgan fingerprint density at radius 1 is 1.21 bits per heavy atom. The molecule has 1 unspecified atom stereocenters. The lowest BCUT2D eigenvalue weighted by molar-refractivity contribution is -0.147. The maximum atomic E-state index is 12.1. The molecule has 3 rings (SSSR count). The number of allylic oxidation sites excluding steroid dienone is 1. The fraction of sp³-hybridized carbons (Fsp3) is 0.438. The maximum absolute atomic E-state index is 12.1. The van der Waals surface area contributed by atoms with E-state index in [9.17, 15) is 4.79 Å². The van der Waals surface area contributed by atoms with Gasteiger partial charge in [0.15, 0.2) is 0 Å². The third-order valence-electron chi connectivity index (χ3n) is 3.89. The molecule has 1 N–H and O–H groups in total. The molecule has 100 valence electrons. The van der Waals surface area contributed by atoms with Gasteiger partial charge < -0.3 is 10.1 Å². The van der Waals surface area contributed by atoms with E-state index in [1.54, 1.807) is 0 Å². The number of nitrogens with one attached hydrogen (secondary N) is 1. The van der Waals surface area contributed by atoms with E-state index in [0.29, 0.717) is 6.61 Å². The van der Waals surface area contributed by atoms with Crippen molar-refractivity contribution in [2.45, 2.75) is 44.8 Å². The normalized spacial score (nSPS) is 21.8. The minimum absolute atomic E-state index is 0.127. The van der Waals surface area contributed by atoms with Crippen molar-refractivity contribution >= 4 is 5.97 Å². The third-order valence-corrected chi connectivity index (χ3v) is 3.89. The molecule has 2 aliphatic rings. The van der Waals surface area contributed by atoms with Gasteiger partial charge in [0.25, 0.3) is 0 Å². The molecule has 0 radical (unpaired) electrons. The summed E-state index contributed by atoms with van der Waals surface area (Å²) in [6.07, 6.45) is 5.56. The van der Waals surface area contributed by atoms with Crippen LogP contribution in [0.2, 0.25) is 0 Å². The first-order valence-electron chi connectivity index (χ1n) is 7.01. The summed E-state index contributed by atoms with van der Waals surface area (Å²) in [6.45, 7) is 0.364. The number of ether oxygens (including phenoxy) is 1. The summed E-state index contributed by atoms with van der Waals surface area (Å²) in [7, 11) is 0. The average Bonchev–Trinajstić information content (AvgIpc) is 2.90. The maximum Gasteiger partial charge on any atom is 0.329 e. The smallest absolute Gasteiger partial charge is 0.329 e. The van der Waals surface area contributed by atoms with E-state index in [1.165, 1.54) is 24.1 Å².